The largest absolute Gasteiger partial charge is 0.486 e. The normalized spacial score (nSPS) is 13.9. The lowest BCUT2D eigenvalue weighted by atomic mass is 10.1. The molecule has 0 saturated carbocycles. The first-order chi connectivity index (χ1) is 13.5. The van der Waals surface area contributed by atoms with Crippen molar-refractivity contribution in [2.45, 2.75) is 33.0 Å². The molecule has 2 aromatic carbocycles. The zero-order chi connectivity index (χ0) is 19.9. The van der Waals surface area contributed by atoms with Crippen molar-refractivity contribution in [3.05, 3.63) is 59.2 Å². The average Bonchev–Trinajstić information content (AvgIpc) is 2.72. The number of ether oxygens (including phenoxy) is 2. The van der Waals surface area contributed by atoms with Gasteiger partial charge >= 0.3 is 6.03 Å². The third-order valence-electron chi connectivity index (χ3n) is 4.85. The lowest BCUT2D eigenvalue weighted by Gasteiger charge is -2.21. The Labute approximate surface area is 166 Å². The minimum absolute atomic E-state index is 0.139. The number of amides is 2. The van der Waals surface area contributed by atoms with Crippen LogP contribution >= 0.6 is 0 Å². The van der Waals surface area contributed by atoms with E-state index in [1.54, 1.807) is 0 Å². The van der Waals surface area contributed by atoms with Crippen molar-refractivity contribution in [2.75, 3.05) is 26.8 Å². The van der Waals surface area contributed by atoms with E-state index in [1.807, 2.05) is 37.3 Å². The summed E-state index contributed by atoms with van der Waals surface area (Å²) in [4.78, 5) is 14.6. The van der Waals surface area contributed by atoms with Crippen molar-refractivity contribution in [2.24, 2.45) is 0 Å². The molecule has 1 unspecified atom stereocenters. The quantitative estimate of drug-likeness (QED) is 0.769. The summed E-state index contributed by atoms with van der Waals surface area (Å²) < 4.78 is 11.2. The van der Waals surface area contributed by atoms with E-state index in [2.05, 4.69) is 41.6 Å². The van der Waals surface area contributed by atoms with Gasteiger partial charge in [0.1, 0.15) is 13.2 Å². The standard InChI is InChI=1S/C22H29N3O3/c1-4-25(3)15-18-7-5-6-17(12-18)14-23-22(26)24-16(2)19-8-9-20-21(13-19)28-11-10-27-20/h5-9,12-13,16H,4,10-11,14-15H2,1-3H3,(H2,23,24,26). The van der Waals surface area contributed by atoms with Gasteiger partial charge in [-0.05, 0) is 49.3 Å². The number of carbonyl (C=O) groups is 1. The topological polar surface area (TPSA) is 62.8 Å². The number of hydrogen-bond acceptors (Lipinski definition) is 4. The van der Waals surface area contributed by atoms with E-state index in [0.717, 1.165) is 35.7 Å². The Morgan fingerprint density at radius 2 is 1.86 bits per heavy atom. The van der Waals surface area contributed by atoms with Crippen LogP contribution in [-0.4, -0.2) is 37.7 Å². The minimum Gasteiger partial charge on any atom is -0.486 e. The van der Waals surface area contributed by atoms with E-state index >= 15 is 0 Å². The second-order valence-electron chi connectivity index (χ2n) is 7.10. The summed E-state index contributed by atoms with van der Waals surface area (Å²) in [6, 6.07) is 13.7. The van der Waals surface area contributed by atoms with Gasteiger partial charge in [-0.3, -0.25) is 0 Å². The summed E-state index contributed by atoms with van der Waals surface area (Å²) in [5.74, 6) is 1.48. The molecule has 2 amide bonds. The first-order valence-corrected chi connectivity index (χ1v) is 9.75. The lowest BCUT2D eigenvalue weighted by molar-refractivity contribution is 0.171. The fourth-order valence-electron chi connectivity index (χ4n) is 3.10. The summed E-state index contributed by atoms with van der Waals surface area (Å²) in [6.45, 7) is 7.60. The molecule has 28 heavy (non-hydrogen) atoms. The highest BCUT2D eigenvalue weighted by atomic mass is 16.6. The molecule has 1 aliphatic heterocycles. The van der Waals surface area contributed by atoms with Crippen LogP contribution in [0.2, 0.25) is 0 Å². The van der Waals surface area contributed by atoms with E-state index < -0.39 is 0 Å². The van der Waals surface area contributed by atoms with E-state index in [-0.39, 0.29) is 12.1 Å². The number of benzene rings is 2. The summed E-state index contributed by atoms with van der Waals surface area (Å²) in [5.41, 5.74) is 3.31. The second-order valence-corrected chi connectivity index (χ2v) is 7.10. The Morgan fingerprint density at radius 3 is 2.64 bits per heavy atom. The highest BCUT2D eigenvalue weighted by Crippen LogP contribution is 2.32. The van der Waals surface area contributed by atoms with Crippen molar-refractivity contribution in [3.63, 3.8) is 0 Å². The Kier molecular flexibility index (Phi) is 6.76. The maximum absolute atomic E-state index is 12.3. The molecule has 6 heteroatoms. The van der Waals surface area contributed by atoms with Gasteiger partial charge in [0.2, 0.25) is 0 Å². The van der Waals surface area contributed by atoms with E-state index in [0.29, 0.717) is 19.8 Å². The average molecular weight is 383 g/mol. The summed E-state index contributed by atoms with van der Waals surface area (Å²) >= 11 is 0. The van der Waals surface area contributed by atoms with Gasteiger partial charge in [-0.2, -0.15) is 0 Å². The molecule has 1 heterocycles. The van der Waals surface area contributed by atoms with E-state index in [9.17, 15) is 4.79 Å². The van der Waals surface area contributed by atoms with Crippen LogP contribution in [-0.2, 0) is 13.1 Å². The summed E-state index contributed by atoms with van der Waals surface area (Å²) in [7, 11) is 2.09. The van der Waals surface area contributed by atoms with Crippen LogP contribution in [0.5, 0.6) is 11.5 Å². The van der Waals surface area contributed by atoms with Gasteiger partial charge in [0.15, 0.2) is 11.5 Å². The molecule has 1 aliphatic rings. The van der Waals surface area contributed by atoms with Gasteiger partial charge < -0.3 is 25.0 Å². The zero-order valence-electron chi connectivity index (χ0n) is 16.8. The smallest absolute Gasteiger partial charge is 0.315 e. The van der Waals surface area contributed by atoms with Crippen LogP contribution in [0.1, 0.15) is 36.6 Å². The number of nitrogens with zero attached hydrogens (tertiary/aromatic N) is 1. The van der Waals surface area contributed by atoms with Gasteiger partial charge in [-0.1, -0.05) is 37.3 Å². The molecule has 1 atom stereocenters. The summed E-state index contributed by atoms with van der Waals surface area (Å²) in [5, 5.41) is 5.91. The first kappa shape index (κ1) is 20.0. The molecule has 2 N–H and O–H groups in total. The number of fused-ring (bicyclic) bond motifs is 1. The molecular weight excluding hydrogens is 354 g/mol. The maximum Gasteiger partial charge on any atom is 0.315 e. The Balaban J connectivity index is 1.52. The third kappa shape index (κ3) is 5.39. The maximum atomic E-state index is 12.3. The molecule has 0 fully saturated rings. The predicted molar refractivity (Wildman–Crippen MR) is 110 cm³/mol. The molecule has 6 nitrogen and oxygen atoms in total. The molecule has 0 aliphatic carbocycles. The van der Waals surface area contributed by atoms with Gasteiger partial charge in [0.25, 0.3) is 0 Å². The monoisotopic (exact) mass is 383 g/mol. The molecule has 0 bridgehead atoms. The third-order valence-corrected chi connectivity index (χ3v) is 4.85. The highest BCUT2D eigenvalue weighted by Gasteiger charge is 2.15. The molecule has 3 rings (SSSR count). The van der Waals surface area contributed by atoms with Crippen LogP contribution in [0.3, 0.4) is 0 Å². The predicted octanol–water partition coefficient (Wildman–Crippen LogP) is 3.47. The molecule has 150 valence electrons. The Morgan fingerprint density at radius 1 is 1.11 bits per heavy atom. The van der Waals surface area contributed by atoms with Crippen molar-refractivity contribution >= 4 is 6.03 Å². The fraction of sp³-hybridized carbons (Fsp3) is 0.409. The number of rotatable bonds is 7. The van der Waals surface area contributed by atoms with E-state index in [4.69, 9.17) is 9.47 Å². The Hall–Kier alpha value is -2.73. The highest BCUT2D eigenvalue weighted by molar-refractivity contribution is 5.74. The van der Waals surface area contributed by atoms with Gasteiger partial charge in [-0.15, -0.1) is 0 Å². The van der Waals surface area contributed by atoms with Gasteiger partial charge in [0.05, 0.1) is 6.04 Å². The molecule has 0 spiro atoms. The van der Waals surface area contributed by atoms with E-state index in [1.165, 1.54) is 5.56 Å². The van der Waals surface area contributed by atoms with Crippen LogP contribution in [0.25, 0.3) is 0 Å². The molecule has 0 saturated heterocycles. The molecule has 2 aromatic rings. The number of hydrogen-bond donors (Lipinski definition) is 2. The summed E-state index contributed by atoms with van der Waals surface area (Å²) in [6.07, 6.45) is 0. The first-order valence-electron chi connectivity index (χ1n) is 9.75. The molecular formula is C22H29N3O3. The van der Waals surface area contributed by atoms with Crippen molar-refractivity contribution in [1.82, 2.24) is 15.5 Å². The van der Waals surface area contributed by atoms with Crippen molar-refractivity contribution < 1.29 is 14.3 Å². The lowest BCUT2D eigenvalue weighted by Crippen LogP contribution is -2.36. The molecule has 0 radical (unpaired) electrons. The number of carbonyl (C=O) groups excluding carboxylic acids is 1. The fourth-order valence-corrected chi connectivity index (χ4v) is 3.10. The Bertz CT molecular complexity index is 809. The number of urea groups is 1. The van der Waals surface area contributed by atoms with Crippen molar-refractivity contribution in [3.8, 4) is 11.5 Å². The van der Waals surface area contributed by atoms with Crippen LogP contribution in [0.15, 0.2) is 42.5 Å². The van der Waals surface area contributed by atoms with Crippen LogP contribution < -0.4 is 20.1 Å². The van der Waals surface area contributed by atoms with Gasteiger partial charge in [-0.25, -0.2) is 4.79 Å². The minimum atomic E-state index is -0.196. The SMILES string of the molecule is CCN(C)Cc1cccc(CNC(=O)NC(C)c2ccc3c(c2)OCCO3)c1. The second kappa shape index (κ2) is 9.46. The van der Waals surface area contributed by atoms with Crippen molar-refractivity contribution in [1.29, 1.82) is 0 Å². The van der Waals surface area contributed by atoms with Gasteiger partial charge in [0, 0.05) is 13.1 Å². The zero-order valence-corrected chi connectivity index (χ0v) is 16.8. The van der Waals surface area contributed by atoms with Crippen LogP contribution in [0, 0.1) is 0 Å². The van der Waals surface area contributed by atoms with Crippen LogP contribution in [0.4, 0.5) is 4.79 Å². The molecule has 0 aromatic heterocycles. The number of nitrogens with one attached hydrogen (secondary N) is 2.